The first-order valence-electron chi connectivity index (χ1n) is 9.07. The lowest BCUT2D eigenvalue weighted by atomic mass is 10.1. The summed E-state index contributed by atoms with van der Waals surface area (Å²) in [5.74, 6) is 1.60. The Labute approximate surface area is 167 Å². The summed E-state index contributed by atoms with van der Waals surface area (Å²) < 4.78 is 18.0. The first-order chi connectivity index (χ1) is 14.2. The third kappa shape index (κ3) is 3.31. The van der Waals surface area contributed by atoms with Crippen LogP contribution < -0.4 is 19.9 Å². The number of nitrogens with one attached hydrogen (secondary N) is 1. The van der Waals surface area contributed by atoms with Crippen LogP contribution in [0.2, 0.25) is 0 Å². The molecule has 2 aromatic heterocycles. The Hall–Kier alpha value is -3.74. The maximum Gasteiger partial charge on any atom is 0.326 e. The highest BCUT2D eigenvalue weighted by Gasteiger charge is 2.17. The van der Waals surface area contributed by atoms with E-state index in [4.69, 9.17) is 14.2 Å². The van der Waals surface area contributed by atoms with Crippen molar-refractivity contribution in [3.8, 4) is 28.4 Å². The van der Waals surface area contributed by atoms with Gasteiger partial charge in [-0.2, -0.15) is 0 Å². The van der Waals surface area contributed by atoms with Crippen LogP contribution in [0.3, 0.4) is 0 Å². The summed E-state index contributed by atoms with van der Waals surface area (Å²) in [5.41, 5.74) is 3.99. The highest BCUT2D eigenvalue weighted by Crippen LogP contribution is 2.38. The molecular formula is C22H21N3O4. The molecule has 2 heterocycles. The maximum absolute atomic E-state index is 12.8. The molecule has 2 aromatic carbocycles. The number of hydrogen-bond donors (Lipinski definition) is 1. The molecule has 29 heavy (non-hydrogen) atoms. The first-order valence-corrected chi connectivity index (χ1v) is 9.07. The number of H-pyrrole nitrogens is 1. The Bertz CT molecular complexity index is 1190. The van der Waals surface area contributed by atoms with Gasteiger partial charge in [0.25, 0.3) is 0 Å². The predicted octanol–water partition coefficient (Wildman–Crippen LogP) is 3.47. The number of ether oxygens (including phenoxy) is 3. The van der Waals surface area contributed by atoms with Crippen molar-refractivity contribution in [3.05, 3.63) is 70.9 Å². The molecule has 4 rings (SSSR count). The van der Waals surface area contributed by atoms with Crippen LogP contribution in [0.25, 0.3) is 22.2 Å². The van der Waals surface area contributed by atoms with Crippen LogP contribution in [0.4, 0.5) is 0 Å². The van der Waals surface area contributed by atoms with E-state index in [1.54, 1.807) is 38.3 Å². The van der Waals surface area contributed by atoms with E-state index in [-0.39, 0.29) is 5.69 Å². The van der Waals surface area contributed by atoms with Crippen LogP contribution in [0, 0.1) is 0 Å². The van der Waals surface area contributed by atoms with E-state index in [1.807, 2.05) is 42.5 Å². The SMILES string of the molecule is COc1cc(Cn2c(=O)[nH]c3cncc(-c4ccccc4)c32)cc(OC)c1OC. The van der Waals surface area contributed by atoms with Crippen LogP contribution in [-0.4, -0.2) is 35.9 Å². The van der Waals surface area contributed by atoms with Gasteiger partial charge >= 0.3 is 5.69 Å². The normalized spacial score (nSPS) is 10.9. The van der Waals surface area contributed by atoms with Gasteiger partial charge in [-0.25, -0.2) is 4.79 Å². The van der Waals surface area contributed by atoms with E-state index in [2.05, 4.69) is 9.97 Å². The number of pyridine rings is 1. The van der Waals surface area contributed by atoms with E-state index < -0.39 is 0 Å². The second kappa shape index (κ2) is 7.71. The molecule has 148 valence electrons. The number of aromatic amines is 1. The van der Waals surface area contributed by atoms with Crippen LogP contribution >= 0.6 is 0 Å². The number of rotatable bonds is 6. The smallest absolute Gasteiger partial charge is 0.326 e. The summed E-state index contributed by atoms with van der Waals surface area (Å²) in [4.78, 5) is 19.9. The van der Waals surface area contributed by atoms with Gasteiger partial charge in [0.2, 0.25) is 5.75 Å². The zero-order chi connectivity index (χ0) is 20.4. The van der Waals surface area contributed by atoms with Crippen molar-refractivity contribution in [2.24, 2.45) is 0 Å². The fraction of sp³-hybridized carbons (Fsp3) is 0.182. The lowest BCUT2D eigenvalue weighted by Gasteiger charge is -2.15. The minimum Gasteiger partial charge on any atom is -0.493 e. The number of fused-ring (bicyclic) bond motifs is 1. The van der Waals surface area contributed by atoms with Gasteiger partial charge in [0.1, 0.15) is 0 Å². The van der Waals surface area contributed by atoms with Crippen molar-refractivity contribution in [3.63, 3.8) is 0 Å². The van der Waals surface area contributed by atoms with Gasteiger partial charge in [0.05, 0.1) is 45.1 Å². The monoisotopic (exact) mass is 391 g/mol. The molecular weight excluding hydrogens is 370 g/mol. The molecule has 0 atom stereocenters. The van der Waals surface area contributed by atoms with Gasteiger partial charge in [-0.1, -0.05) is 30.3 Å². The molecule has 0 unspecified atom stereocenters. The topological polar surface area (TPSA) is 78.4 Å². The molecule has 0 radical (unpaired) electrons. The number of benzene rings is 2. The molecule has 1 N–H and O–H groups in total. The number of imidazole rings is 1. The molecule has 0 fully saturated rings. The van der Waals surface area contributed by atoms with Crippen molar-refractivity contribution in [2.45, 2.75) is 6.54 Å². The Morgan fingerprint density at radius 3 is 2.28 bits per heavy atom. The molecule has 0 amide bonds. The summed E-state index contributed by atoms with van der Waals surface area (Å²) >= 11 is 0. The van der Waals surface area contributed by atoms with Crippen molar-refractivity contribution < 1.29 is 14.2 Å². The number of methoxy groups -OCH3 is 3. The van der Waals surface area contributed by atoms with Gasteiger partial charge in [-0.3, -0.25) is 9.55 Å². The van der Waals surface area contributed by atoms with Gasteiger partial charge in [-0.05, 0) is 23.3 Å². The minimum atomic E-state index is -0.209. The van der Waals surface area contributed by atoms with E-state index in [1.165, 1.54) is 0 Å². The molecule has 7 nitrogen and oxygen atoms in total. The molecule has 0 saturated heterocycles. The van der Waals surface area contributed by atoms with Crippen molar-refractivity contribution in [2.75, 3.05) is 21.3 Å². The van der Waals surface area contributed by atoms with Crippen LogP contribution in [0.1, 0.15) is 5.56 Å². The Morgan fingerprint density at radius 1 is 0.966 bits per heavy atom. The minimum absolute atomic E-state index is 0.209. The average Bonchev–Trinajstić information content (AvgIpc) is 3.08. The summed E-state index contributed by atoms with van der Waals surface area (Å²) in [6.07, 6.45) is 3.44. The van der Waals surface area contributed by atoms with Crippen molar-refractivity contribution in [1.82, 2.24) is 14.5 Å². The summed E-state index contributed by atoms with van der Waals surface area (Å²) in [6.45, 7) is 0.333. The van der Waals surface area contributed by atoms with Crippen LogP contribution in [-0.2, 0) is 6.54 Å². The quantitative estimate of drug-likeness (QED) is 0.545. The zero-order valence-corrected chi connectivity index (χ0v) is 16.4. The van der Waals surface area contributed by atoms with Crippen LogP contribution in [0.15, 0.2) is 59.7 Å². The average molecular weight is 391 g/mol. The molecule has 0 bridgehead atoms. The van der Waals surface area contributed by atoms with E-state index >= 15 is 0 Å². The third-order valence-corrected chi connectivity index (χ3v) is 4.82. The van der Waals surface area contributed by atoms with E-state index in [0.717, 1.165) is 22.2 Å². The van der Waals surface area contributed by atoms with Gasteiger partial charge in [0.15, 0.2) is 11.5 Å². The molecule has 0 aliphatic rings. The van der Waals surface area contributed by atoms with Crippen molar-refractivity contribution in [1.29, 1.82) is 0 Å². The van der Waals surface area contributed by atoms with E-state index in [0.29, 0.717) is 29.3 Å². The Morgan fingerprint density at radius 2 is 1.66 bits per heavy atom. The predicted molar refractivity (Wildman–Crippen MR) is 111 cm³/mol. The lowest BCUT2D eigenvalue weighted by molar-refractivity contribution is 0.323. The second-order valence-corrected chi connectivity index (χ2v) is 6.50. The zero-order valence-electron chi connectivity index (χ0n) is 16.4. The summed E-state index contributed by atoms with van der Waals surface area (Å²) in [5, 5.41) is 0. The number of hydrogen-bond acceptors (Lipinski definition) is 5. The Kier molecular flexibility index (Phi) is 4.95. The second-order valence-electron chi connectivity index (χ2n) is 6.50. The molecule has 0 aliphatic carbocycles. The Balaban J connectivity index is 1.88. The standard InChI is InChI=1S/C22H21N3O4/c1-27-18-9-14(10-19(28-2)21(18)29-3)13-25-20-16(15-7-5-4-6-8-15)11-23-12-17(20)24-22(25)26/h4-12H,13H2,1-3H3,(H,24,26). The number of aromatic nitrogens is 3. The molecule has 0 saturated carbocycles. The highest BCUT2D eigenvalue weighted by molar-refractivity contribution is 5.91. The maximum atomic E-state index is 12.8. The van der Waals surface area contributed by atoms with Crippen LogP contribution in [0.5, 0.6) is 17.2 Å². The molecule has 7 heteroatoms. The van der Waals surface area contributed by atoms with Gasteiger partial charge < -0.3 is 19.2 Å². The molecule has 0 aliphatic heterocycles. The van der Waals surface area contributed by atoms with E-state index in [9.17, 15) is 4.79 Å². The lowest BCUT2D eigenvalue weighted by Crippen LogP contribution is -2.17. The fourth-order valence-electron chi connectivity index (χ4n) is 3.51. The largest absolute Gasteiger partial charge is 0.493 e. The summed E-state index contributed by atoms with van der Waals surface area (Å²) in [6, 6.07) is 13.6. The van der Waals surface area contributed by atoms with Gasteiger partial charge in [0, 0.05) is 11.8 Å². The highest BCUT2D eigenvalue weighted by atomic mass is 16.5. The molecule has 0 spiro atoms. The number of nitrogens with zero attached hydrogens (tertiary/aromatic N) is 2. The van der Waals surface area contributed by atoms with Crippen molar-refractivity contribution >= 4 is 11.0 Å². The molecule has 4 aromatic rings. The summed E-state index contributed by atoms with van der Waals surface area (Å²) in [7, 11) is 4.69. The fourth-order valence-corrected chi connectivity index (χ4v) is 3.51. The van der Waals surface area contributed by atoms with Gasteiger partial charge in [-0.15, -0.1) is 0 Å². The first kappa shape index (κ1) is 18.6. The third-order valence-electron chi connectivity index (χ3n) is 4.82.